The molecule has 6 aromatic rings. The van der Waals surface area contributed by atoms with Gasteiger partial charge in [-0.05, 0) is 71.3 Å². The van der Waals surface area contributed by atoms with Crippen LogP contribution in [0.2, 0.25) is 0 Å². The van der Waals surface area contributed by atoms with Crippen molar-refractivity contribution in [3.63, 3.8) is 0 Å². The van der Waals surface area contributed by atoms with Gasteiger partial charge in [0.15, 0.2) is 6.20 Å². The number of hydrogen-bond donors (Lipinski definition) is 0. The Morgan fingerprint density at radius 3 is 2.39 bits per heavy atom. The van der Waals surface area contributed by atoms with Gasteiger partial charge in [-0.3, -0.25) is 0 Å². The number of aryl methyl sites for hydroxylation is 2. The van der Waals surface area contributed by atoms with Gasteiger partial charge < -0.3 is 4.42 Å². The third-order valence-corrected chi connectivity index (χ3v) is 8.30. The summed E-state index contributed by atoms with van der Waals surface area (Å²) in [6.07, 6.45) is 2.13. The Kier molecular flexibility index (Phi) is 4.17. The van der Waals surface area contributed by atoms with E-state index >= 15 is 4.39 Å². The minimum absolute atomic E-state index is 0.137. The summed E-state index contributed by atoms with van der Waals surface area (Å²) in [6.45, 7) is 8.63. The van der Waals surface area contributed by atoms with Crippen LogP contribution in [0, 0.1) is 19.7 Å². The molecule has 2 aromatic heterocycles. The SMILES string of the molecule is Cc1cc2c(oc3ccccc32)c(-c2c3ccc4c(c3cc[n+]2C)C(C)(C)c2c(F)cccc2-4)c1C. The van der Waals surface area contributed by atoms with E-state index in [0.29, 0.717) is 0 Å². The average molecular weight is 473 g/mol. The Bertz CT molecular complexity index is 1910. The summed E-state index contributed by atoms with van der Waals surface area (Å²) in [5.41, 5.74) is 10.1. The molecule has 0 unspecified atom stereocenters. The first kappa shape index (κ1) is 21.3. The highest BCUT2D eigenvalue weighted by Gasteiger charge is 2.40. The van der Waals surface area contributed by atoms with Gasteiger partial charge in [-0.25, -0.2) is 8.96 Å². The first-order valence-corrected chi connectivity index (χ1v) is 12.5. The fourth-order valence-corrected chi connectivity index (χ4v) is 6.54. The smallest absolute Gasteiger partial charge is 0.224 e. The standard InChI is InChI=1S/C33H27FNO/c1-18-17-25-20-9-6-7-12-27(20)36-32(25)28(19(18)2)31-24-14-13-22-21-10-8-11-26(34)30(21)33(3,4)29(22)23(24)15-16-35(31)5/h6-17H,1-5H3/q+1. The summed E-state index contributed by atoms with van der Waals surface area (Å²) in [6, 6.07) is 22.5. The maximum atomic E-state index is 15.1. The molecule has 0 saturated carbocycles. The number of nitrogens with zero attached hydrogens (tertiary/aromatic N) is 1. The van der Waals surface area contributed by atoms with Gasteiger partial charge in [0.05, 0.1) is 10.9 Å². The maximum absolute atomic E-state index is 15.1. The monoisotopic (exact) mass is 472 g/mol. The predicted octanol–water partition coefficient (Wildman–Crippen LogP) is 8.29. The lowest BCUT2D eigenvalue weighted by Crippen LogP contribution is -2.31. The van der Waals surface area contributed by atoms with Crippen LogP contribution in [0.25, 0.3) is 55.1 Å². The summed E-state index contributed by atoms with van der Waals surface area (Å²) < 4.78 is 23.8. The Morgan fingerprint density at radius 2 is 1.56 bits per heavy atom. The van der Waals surface area contributed by atoms with E-state index in [2.05, 4.69) is 81.9 Å². The number of furan rings is 1. The third kappa shape index (κ3) is 2.58. The highest BCUT2D eigenvalue weighted by molar-refractivity contribution is 6.13. The molecule has 0 amide bonds. The Balaban J connectivity index is 1.63. The molecule has 2 nitrogen and oxygen atoms in total. The van der Waals surface area contributed by atoms with E-state index < -0.39 is 5.41 Å². The number of hydrogen-bond acceptors (Lipinski definition) is 1. The van der Waals surface area contributed by atoms with E-state index in [1.54, 1.807) is 6.07 Å². The van der Waals surface area contributed by atoms with Crippen LogP contribution in [0.1, 0.15) is 36.1 Å². The van der Waals surface area contributed by atoms with Gasteiger partial charge >= 0.3 is 0 Å². The largest absolute Gasteiger partial charge is 0.455 e. The molecular weight excluding hydrogens is 445 g/mol. The summed E-state index contributed by atoms with van der Waals surface area (Å²) in [4.78, 5) is 0. The first-order chi connectivity index (χ1) is 17.3. The summed E-state index contributed by atoms with van der Waals surface area (Å²) in [5.74, 6) is -0.137. The molecule has 1 aliphatic carbocycles. The van der Waals surface area contributed by atoms with E-state index in [0.717, 1.165) is 60.7 Å². The quantitative estimate of drug-likeness (QED) is 0.220. The molecule has 3 heteroatoms. The molecule has 0 radical (unpaired) electrons. The molecule has 0 saturated heterocycles. The average Bonchev–Trinajstić information content (AvgIpc) is 3.33. The predicted molar refractivity (Wildman–Crippen MR) is 145 cm³/mol. The number of halogens is 1. The van der Waals surface area contributed by atoms with Crippen LogP contribution in [0.5, 0.6) is 0 Å². The Morgan fingerprint density at radius 1 is 0.778 bits per heavy atom. The lowest BCUT2D eigenvalue weighted by molar-refractivity contribution is -0.659. The van der Waals surface area contributed by atoms with Gasteiger partial charge in [-0.15, -0.1) is 0 Å². The minimum atomic E-state index is -0.441. The number of fused-ring (bicyclic) bond motifs is 8. The zero-order valence-electron chi connectivity index (χ0n) is 21.2. The normalized spacial score (nSPS) is 14.1. The first-order valence-electron chi connectivity index (χ1n) is 12.5. The fourth-order valence-electron chi connectivity index (χ4n) is 6.54. The van der Waals surface area contributed by atoms with Crippen LogP contribution in [0.3, 0.4) is 0 Å². The highest BCUT2D eigenvalue weighted by Crippen LogP contribution is 2.53. The van der Waals surface area contributed by atoms with Gasteiger partial charge in [0.1, 0.15) is 24.0 Å². The maximum Gasteiger partial charge on any atom is 0.224 e. The van der Waals surface area contributed by atoms with Crippen LogP contribution in [0.4, 0.5) is 4.39 Å². The molecule has 4 aromatic carbocycles. The number of para-hydroxylation sites is 1. The van der Waals surface area contributed by atoms with Crippen LogP contribution in [-0.2, 0) is 12.5 Å². The zero-order chi connectivity index (χ0) is 24.9. The van der Waals surface area contributed by atoms with Gasteiger partial charge in [0.25, 0.3) is 0 Å². The molecule has 0 N–H and O–H groups in total. The third-order valence-electron chi connectivity index (χ3n) is 8.30. The number of benzene rings is 4. The molecule has 0 bridgehead atoms. The van der Waals surface area contributed by atoms with Crippen molar-refractivity contribution in [2.45, 2.75) is 33.1 Å². The summed E-state index contributed by atoms with van der Waals surface area (Å²) in [7, 11) is 2.10. The molecule has 0 spiro atoms. The topological polar surface area (TPSA) is 17.0 Å². The van der Waals surface area contributed by atoms with Crippen LogP contribution < -0.4 is 4.57 Å². The van der Waals surface area contributed by atoms with Crippen molar-refractivity contribution in [3.05, 3.63) is 101 Å². The molecule has 176 valence electrons. The van der Waals surface area contributed by atoms with Crippen LogP contribution in [-0.4, -0.2) is 0 Å². The minimum Gasteiger partial charge on any atom is -0.455 e. The number of aromatic nitrogens is 1. The van der Waals surface area contributed by atoms with E-state index in [1.807, 2.05) is 24.3 Å². The second-order valence-electron chi connectivity index (χ2n) is 10.7. The van der Waals surface area contributed by atoms with Crippen molar-refractivity contribution >= 4 is 32.7 Å². The van der Waals surface area contributed by atoms with Gasteiger partial charge in [0.2, 0.25) is 5.69 Å². The molecular formula is C33H27FNO+. The van der Waals surface area contributed by atoms with Crippen molar-refractivity contribution in [2.24, 2.45) is 7.05 Å². The van der Waals surface area contributed by atoms with Gasteiger partial charge in [0, 0.05) is 27.8 Å². The summed E-state index contributed by atoms with van der Waals surface area (Å²) >= 11 is 0. The molecule has 0 fully saturated rings. The van der Waals surface area contributed by atoms with Crippen molar-refractivity contribution in [1.29, 1.82) is 0 Å². The fraction of sp³-hybridized carbons (Fsp3) is 0.182. The molecule has 0 aliphatic heterocycles. The van der Waals surface area contributed by atoms with Crippen molar-refractivity contribution in [3.8, 4) is 22.4 Å². The second-order valence-corrected chi connectivity index (χ2v) is 10.7. The molecule has 0 atom stereocenters. The van der Waals surface area contributed by atoms with E-state index in [9.17, 15) is 0 Å². The molecule has 36 heavy (non-hydrogen) atoms. The highest BCUT2D eigenvalue weighted by atomic mass is 19.1. The molecule has 1 aliphatic rings. The summed E-state index contributed by atoms with van der Waals surface area (Å²) in [5, 5.41) is 4.58. The Labute approximate surface area is 209 Å². The van der Waals surface area contributed by atoms with Gasteiger partial charge in [-0.1, -0.05) is 50.2 Å². The zero-order valence-corrected chi connectivity index (χ0v) is 21.2. The van der Waals surface area contributed by atoms with Crippen molar-refractivity contribution < 1.29 is 13.4 Å². The number of rotatable bonds is 1. The number of pyridine rings is 1. The van der Waals surface area contributed by atoms with Crippen LogP contribution >= 0.6 is 0 Å². The lowest BCUT2D eigenvalue weighted by Gasteiger charge is -2.23. The van der Waals surface area contributed by atoms with Crippen LogP contribution in [0.15, 0.2) is 77.3 Å². The lowest BCUT2D eigenvalue weighted by atomic mass is 9.79. The van der Waals surface area contributed by atoms with Crippen molar-refractivity contribution in [1.82, 2.24) is 0 Å². The van der Waals surface area contributed by atoms with E-state index in [1.165, 1.54) is 16.7 Å². The molecule has 2 heterocycles. The van der Waals surface area contributed by atoms with E-state index in [-0.39, 0.29) is 5.82 Å². The van der Waals surface area contributed by atoms with Gasteiger partial charge in [-0.2, -0.15) is 0 Å². The molecule has 7 rings (SSSR count). The second kappa shape index (κ2) is 7.04. The van der Waals surface area contributed by atoms with Crippen molar-refractivity contribution in [2.75, 3.05) is 0 Å². The Hall–Kier alpha value is -3.98. The van der Waals surface area contributed by atoms with E-state index in [4.69, 9.17) is 4.42 Å².